The smallest absolute Gasteiger partial charge is 0.384 e. The highest BCUT2D eigenvalue weighted by atomic mass is 19.4. The Labute approximate surface area is 94.8 Å². The molecule has 1 fully saturated rings. The van der Waals surface area contributed by atoms with Gasteiger partial charge in [0, 0.05) is 5.92 Å². The Morgan fingerprint density at radius 3 is 2.12 bits per heavy atom. The zero-order valence-electron chi connectivity index (χ0n) is 8.95. The first-order valence-electron chi connectivity index (χ1n) is 4.94. The largest absolute Gasteiger partial charge is 0.451 e. The van der Waals surface area contributed by atoms with E-state index in [1.807, 2.05) is 0 Å². The number of aliphatic hydroxyl groups is 1. The molecule has 0 bridgehead atoms. The standard InChI is InChI=1S/C10H11F3O4/c1-9(4-14,8(17)10(11,12)13)7(16)6(15)5-2-3-5/h4-5,7,16H,2-3H2,1H3/t7-,9?/m0/s1. The zero-order valence-corrected chi connectivity index (χ0v) is 8.95. The van der Waals surface area contributed by atoms with Gasteiger partial charge in [0.1, 0.15) is 17.8 Å². The number of hydrogen-bond acceptors (Lipinski definition) is 4. The molecule has 2 atom stereocenters. The normalized spacial score (nSPS) is 21.5. The minimum atomic E-state index is -5.26. The summed E-state index contributed by atoms with van der Waals surface area (Å²) < 4.78 is 36.7. The Hall–Kier alpha value is -1.24. The van der Waals surface area contributed by atoms with Gasteiger partial charge in [-0.2, -0.15) is 13.2 Å². The fourth-order valence-corrected chi connectivity index (χ4v) is 1.43. The van der Waals surface area contributed by atoms with Crippen molar-refractivity contribution in [3.63, 3.8) is 0 Å². The predicted molar refractivity (Wildman–Crippen MR) is 49.0 cm³/mol. The molecule has 1 unspecified atom stereocenters. The first-order chi connectivity index (χ1) is 7.64. The molecule has 1 N–H and O–H groups in total. The quantitative estimate of drug-likeness (QED) is 0.576. The highest BCUT2D eigenvalue weighted by Gasteiger charge is 2.57. The van der Waals surface area contributed by atoms with Gasteiger partial charge in [-0.3, -0.25) is 9.59 Å². The zero-order chi connectivity index (χ0) is 13.4. The van der Waals surface area contributed by atoms with E-state index < -0.39 is 35.2 Å². The first kappa shape index (κ1) is 13.8. The van der Waals surface area contributed by atoms with E-state index in [1.165, 1.54) is 0 Å². The van der Waals surface area contributed by atoms with Crippen LogP contribution in [0, 0.1) is 11.3 Å². The van der Waals surface area contributed by atoms with E-state index >= 15 is 0 Å². The molecule has 0 aromatic carbocycles. The van der Waals surface area contributed by atoms with Crippen LogP contribution in [0.15, 0.2) is 0 Å². The van der Waals surface area contributed by atoms with Crippen molar-refractivity contribution in [2.45, 2.75) is 32.0 Å². The van der Waals surface area contributed by atoms with Crippen LogP contribution in [0.3, 0.4) is 0 Å². The third-order valence-corrected chi connectivity index (χ3v) is 2.81. The number of ketones is 2. The molecule has 0 aromatic heterocycles. The third-order valence-electron chi connectivity index (χ3n) is 2.81. The minimum absolute atomic E-state index is 0.312. The van der Waals surface area contributed by atoms with Crippen molar-refractivity contribution in [3.8, 4) is 0 Å². The molecule has 1 aliphatic rings. The Bertz CT molecular complexity index is 359. The molecule has 4 nitrogen and oxygen atoms in total. The van der Waals surface area contributed by atoms with Crippen LogP contribution in [0.25, 0.3) is 0 Å². The average molecular weight is 252 g/mol. The van der Waals surface area contributed by atoms with Crippen LogP contribution in [-0.4, -0.2) is 35.2 Å². The van der Waals surface area contributed by atoms with E-state index in [9.17, 15) is 32.7 Å². The minimum Gasteiger partial charge on any atom is -0.384 e. The van der Waals surface area contributed by atoms with E-state index in [2.05, 4.69) is 0 Å². The Morgan fingerprint density at radius 1 is 1.35 bits per heavy atom. The van der Waals surface area contributed by atoms with Crippen molar-refractivity contribution >= 4 is 17.9 Å². The molecule has 96 valence electrons. The third kappa shape index (κ3) is 2.54. The maximum Gasteiger partial charge on any atom is 0.451 e. The van der Waals surface area contributed by atoms with Gasteiger partial charge in [-0.25, -0.2) is 0 Å². The number of alkyl halides is 3. The maximum atomic E-state index is 12.2. The van der Waals surface area contributed by atoms with Gasteiger partial charge in [-0.15, -0.1) is 0 Å². The number of halogens is 3. The van der Waals surface area contributed by atoms with Crippen molar-refractivity contribution in [3.05, 3.63) is 0 Å². The maximum absolute atomic E-state index is 12.2. The van der Waals surface area contributed by atoms with E-state index in [0.717, 1.165) is 0 Å². The fraction of sp³-hybridized carbons (Fsp3) is 0.700. The van der Waals surface area contributed by atoms with Crippen molar-refractivity contribution in [2.75, 3.05) is 0 Å². The molecular formula is C10H11F3O4. The van der Waals surface area contributed by atoms with Crippen molar-refractivity contribution in [2.24, 2.45) is 11.3 Å². The van der Waals surface area contributed by atoms with Crippen LogP contribution in [0.5, 0.6) is 0 Å². The van der Waals surface area contributed by atoms with Crippen molar-refractivity contribution in [1.82, 2.24) is 0 Å². The van der Waals surface area contributed by atoms with Crippen LogP contribution >= 0.6 is 0 Å². The lowest BCUT2D eigenvalue weighted by atomic mass is 9.78. The van der Waals surface area contributed by atoms with E-state index in [-0.39, 0.29) is 6.29 Å². The summed E-state index contributed by atoms with van der Waals surface area (Å²) in [6.07, 6.45) is -6.88. The molecule has 17 heavy (non-hydrogen) atoms. The monoisotopic (exact) mass is 252 g/mol. The number of Topliss-reactive ketones (excluding diaryl/α,β-unsaturated/α-hetero) is 2. The second kappa shape index (κ2) is 4.21. The summed E-state index contributed by atoms with van der Waals surface area (Å²) in [5.74, 6) is -3.82. The topological polar surface area (TPSA) is 71.4 Å². The number of carbonyl (C=O) groups excluding carboxylic acids is 3. The first-order valence-corrected chi connectivity index (χ1v) is 4.94. The number of hydrogen-bond donors (Lipinski definition) is 1. The lowest BCUT2D eigenvalue weighted by Crippen LogP contribution is -2.51. The highest BCUT2D eigenvalue weighted by molar-refractivity contribution is 6.07. The van der Waals surface area contributed by atoms with Gasteiger partial charge in [0.15, 0.2) is 5.78 Å². The van der Waals surface area contributed by atoms with Crippen LogP contribution in [-0.2, 0) is 14.4 Å². The molecule has 0 saturated heterocycles. The average Bonchev–Trinajstić information content (AvgIpc) is 3.07. The van der Waals surface area contributed by atoms with Crippen LogP contribution in [0.4, 0.5) is 13.2 Å². The predicted octanol–water partition coefficient (Wildman–Crippen LogP) is 0.663. The van der Waals surface area contributed by atoms with Gasteiger partial charge in [-0.05, 0) is 19.8 Å². The SMILES string of the molecule is CC(C=O)(C(=O)C(F)(F)F)[C@@H](O)C(=O)C1CC1. The summed E-state index contributed by atoms with van der Waals surface area (Å²) in [6.45, 7) is 0.626. The lowest BCUT2D eigenvalue weighted by Gasteiger charge is -2.27. The van der Waals surface area contributed by atoms with Gasteiger partial charge in [-0.1, -0.05) is 0 Å². The summed E-state index contributed by atoms with van der Waals surface area (Å²) in [7, 11) is 0. The molecule has 0 aliphatic heterocycles. The number of rotatable bonds is 5. The molecule has 1 saturated carbocycles. The summed E-state index contributed by atoms with van der Waals surface area (Å²) >= 11 is 0. The van der Waals surface area contributed by atoms with Crippen molar-refractivity contribution in [1.29, 1.82) is 0 Å². The number of aliphatic hydroxyl groups excluding tert-OH is 1. The highest BCUT2D eigenvalue weighted by Crippen LogP contribution is 2.37. The molecule has 0 spiro atoms. The van der Waals surface area contributed by atoms with Crippen LogP contribution in [0.2, 0.25) is 0 Å². The summed E-state index contributed by atoms with van der Waals surface area (Å²) in [4.78, 5) is 33.1. The molecule has 0 amide bonds. The Balaban J connectivity index is 2.98. The molecular weight excluding hydrogens is 241 g/mol. The van der Waals surface area contributed by atoms with Gasteiger partial charge < -0.3 is 9.90 Å². The van der Waals surface area contributed by atoms with Gasteiger partial charge >= 0.3 is 6.18 Å². The van der Waals surface area contributed by atoms with Crippen molar-refractivity contribution < 1.29 is 32.7 Å². The summed E-state index contributed by atoms with van der Waals surface area (Å²) in [6, 6.07) is 0. The van der Waals surface area contributed by atoms with Crippen LogP contribution < -0.4 is 0 Å². The molecule has 1 aliphatic carbocycles. The Kier molecular flexibility index (Phi) is 3.42. The molecule has 0 radical (unpaired) electrons. The van der Waals surface area contributed by atoms with E-state index in [1.54, 1.807) is 0 Å². The van der Waals surface area contributed by atoms with Gasteiger partial charge in [0.2, 0.25) is 0 Å². The van der Waals surface area contributed by atoms with Crippen LogP contribution in [0.1, 0.15) is 19.8 Å². The van der Waals surface area contributed by atoms with E-state index in [4.69, 9.17) is 0 Å². The fourth-order valence-electron chi connectivity index (χ4n) is 1.43. The summed E-state index contributed by atoms with van der Waals surface area (Å²) in [5.41, 5.74) is -2.75. The number of carbonyl (C=O) groups is 3. The molecule has 7 heteroatoms. The summed E-state index contributed by atoms with van der Waals surface area (Å²) in [5, 5.41) is 9.48. The molecule has 0 heterocycles. The second-order valence-corrected chi connectivity index (χ2v) is 4.31. The van der Waals surface area contributed by atoms with Gasteiger partial charge in [0.25, 0.3) is 5.78 Å². The second-order valence-electron chi connectivity index (χ2n) is 4.31. The van der Waals surface area contributed by atoms with E-state index in [0.29, 0.717) is 19.8 Å². The number of aldehydes is 1. The molecule has 1 rings (SSSR count). The lowest BCUT2D eigenvalue weighted by molar-refractivity contribution is -0.187. The van der Waals surface area contributed by atoms with Gasteiger partial charge in [0.05, 0.1) is 0 Å². The molecule has 0 aromatic rings. The Morgan fingerprint density at radius 2 is 1.82 bits per heavy atom.